The van der Waals surface area contributed by atoms with Gasteiger partial charge in [0, 0.05) is 18.2 Å². The molecule has 3 aromatic rings. The van der Waals surface area contributed by atoms with Crippen molar-refractivity contribution in [3.63, 3.8) is 0 Å². The molecule has 6 heteroatoms. The number of hydrogen-bond acceptors (Lipinski definition) is 4. The molecule has 0 bridgehead atoms. The number of fused-ring (bicyclic) bond motifs is 1. The molecule has 0 N–H and O–H groups in total. The number of benzene rings is 2. The summed E-state index contributed by atoms with van der Waals surface area (Å²) in [5.41, 5.74) is 2.01. The molecule has 1 amide bonds. The van der Waals surface area contributed by atoms with Gasteiger partial charge < -0.3 is 9.30 Å². The summed E-state index contributed by atoms with van der Waals surface area (Å²) in [7, 11) is 3.49. The van der Waals surface area contributed by atoms with Crippen molar-refractivity contribution < 1.29 is 14.3 Å². The van der Waals surface area contributed by atoms with E-state index in [1.54, 1.807) is 31.4 Å². The molecule has 2 aromatic carbocycles. The van der Waals surface area contributed by atoms with E-state index in [0.717, 1.165) is 16.0 Å². The summed E-state index contributed by atoms with van der Waals surface area (Å²) in [6, 6.07) is 12.3. The van der Waals surface area contributed by atoms with Gasteiger partial charge in [0.05, 0.1) is 17.3 Å². The number of rotatable bonds is 3. The predicted octanol–water partition coefficient (Wildman–Crippen LogP) is 3.19. The predicted molar refractivity (Wildman–Crippen MR) is 93.7 cm³/mol. The summed E-state index contributed by atoms with van der Waals surface area (Å²) in [4.78, 5) is 28.5. The Bertz CT molecular complexity index is 997. The standard InChI is InChI=1S/C18H16N2O3S/c1-11(21)12-4-6-13(7-5-12)17(22)19-18-20(2)15-9-8-14(23-3)10-16(15)24-18/h4-10H,1-3H3. The van der Waals surface area contributed by atoms with Crippen LogP contribution in [0.15, 0.2) is 47.5 Å². The summed E-state index contributed by atoms with van der Waals surface area (Å²) >= 11 is 1.43. The Morgan fingerprint density at radius 2 is 1.75 bits per heavy atom. The number of carbonyl (C=O) groups is 2. The van der Waals surface area contributed by atoms with Gasteiger partial charge in [-0.25, -0.2) is 0 Å². The zero-order valence-electron chi connectivity index (χ0n) is 13.6. The van der Waals surface area contributed by atoms with Crippen molar-refractivity contribution in [1.82, 2.24) is 4.57 Å². The number of nitrogens with zero attached hydrogens (tertiary/aromatic N) is 2. The number of aryl methyl sites for hydroxylation is 1. The van der Waals surface area contributed by atoms with Crippen LogP contribution in [-0.2, 0) is 7.05 Å². The van der Waals surface area contributed by atoms with E-state index in [0.29, 0.717) is 15.9 Å². The van der Waals surface area contributed by atoms with E-state index in [1.807, 2.05) is 29.8 Å². The summed E-state index contributed by atoms with van der Waals surface area (Å²) in [6.07, 6.45) is 0. The minimum atomic E-state index is -0.334. The van der Waals surface area contributed by atoms with E-state index in [9.17, 15) is 9.59 Å². The lowest BCUT2D eigenvalue weighted by atomic mass is 10.1. The van der Waals surface area contributed by atoms with Crippen molar-refractivity contribution in [3.05, 3.63) is 58.4 Å². The molecule has 0 atom stereocenters. The molecule has 0 radical (unpaired) electrons. The first-order valence-electron chi connectivity index (χ1n) is 7.33. The van der Waals surface area contributed by atoms with Crippen molar-refractivity contribution in [3.8, 4) is 5.75 Å². The molecule has 24 heavy (non-hydrogen) atoms. The lowest BCUT2D eigenvalue weighted by Gasteiger charge is -1.99. The molecule has 0 unspecified atom stereocenters. The third-order valence-electron chi connectivity index (χ3n) is 3.75. The van der Waals surface area contributed by atoms with Crippen LogP contribution in [0, 0.1) is 0 Å². The number of hydrogen-bond donors (Lipinski definition) is 0. The van der Waals surface area contributed by atoms with Gasteiger partial charge in [0.25, 0.3) is 5.91 Å². The first-order chi connectivity index (χ1) is 11.5. The Morgan fingerprint density at radius 3 is 2.38 bits per heavy atom. The number of carbonyl (C=O) groups excluding carboxylic acids is 2. The molecular formula is C18H16N2O3S. The number of amides is 1. The highest BCUT2D eigenvalue weighted by Crippen LogP contribution is 2.22. The Kier molecular flexibility index (Phi) is 4.31. The molecule has 3 rings (SSSR count). The van der Waals surface area contributed by atoms with Crippen LogP contribution in [0.2, 0.25) is 0 Å². The number of ether oxygens (including phenoxy) is 1. The zero-order valence-corrected chi connectivity index (χ0v) is 14.4. The Labute approximate surface area is 142 Å². The number of aromatic nitrogens is 1. The smallest absolute Gasteiger partial charge is 0.279 e. The molecule has 1 heterocycles. The monoisotopic (exact) mass is 340 g/mol. The van der Waals surface area contributed by atoms with Crippen LogP contribution in [0.4, 0.5) is 0 Å². The SMILES string of the molecule is COc1ccc2c(c1)sc(=NC(=O)c1ccc(C(C)=O)cc1)n2C. The van der Waals surface area contributed by atoms with Gasteiger partial charge in [0.2, 0.25) is 0 Å². The zero-order chi connectivity index (χ0) is 17.3. The van der Waals surface area contributed by atoms with E-state index in [-0.39, 0.29) is 11.7 Å². The van der Waals surface area contributed by atoms with E-state index < -0.39 is 0 Å². The lowest BCUT2D eigenvalue weighted by molar-refractivity contribution is 0.0991. The molecular weight excluding hydrogens is 324 g/mol. The first kappa shape index (κ1) is 16.1. The van der Waals surface area contributed by atoms with E-state index >= 15 is 0 Å². The van der Waals surface area contributed by atoms with Crippen LogP contribution >= 0.6 is 11.3 Å². The molecule has 0 saturated heterocycles. The number of thiazole rings is 1. The number of Topliss-reactive ketones (excluding diaryl/α,β-unsaturated/α-hetero) is 1. The maximum absolute atomic E-state index is 12.4. The van der Waals surface area contributed by atoms with Gasteiger partial charge in [-0.05, 0) is 37.3 Å². The minimum Gasteiger partial charge on any atom is -0.497 e. The average Bonchev–Trinajstić information content (AvgIpc) is 2.90. The van der Waals surface area contributed by atoms with E-state index in [2.05, 4.69) is 4.99 Å². The van der Waals surface area contributed by atoms with Gasteiger partial charge in [0.15, 0.2) is 10.6 Å². The Hall–Kier alpha value is -2.73. The molecule has 0 aliphatic heterocycles. The normalized spacial score (nSPS) is 11.7. The number of ketones is 1. The minimum absolute atomic E-state index is 0.0317. The topological polar surface area (TPSA) is 60.7 Å². The van der Waals surface area contributed by atoms with Crippen molar-refractivity contribution in [2.24, 2.45) is 12.0 Å². The van der Waals surface area contributed by atoms with Crippen LogP contribution in [0.25, 0.3) is 10.2 Å². The highest BCUT2D eigenvalue weighted by atomic mass is 32.1. The van der Waals surface area contributed by atoms with Crippen LogP contribution in [0.3, 0.4) is 0 Å². The quantitative estimate of drug-likeness (QED) is 0.688. The van der Waals surface area contributed by atoms with Crippen LogP contribution < -0.4 is 9.54 Å². The molecule has 122 valence electrons. The number of methoxy groups -OCH3 is 1. The molecule has 5 nitrogen and oxygen atoms in total. The fourth-order valence-corrected chi connectivity index (χ4v) is 3.39. The van der Waals surface area contributed by atoms with Crippen molar-refractivity contribution in [2.45, 2.75) is 6.92 Å². The molecule has 0 fully saturated rings. The second-order valence-corrected chi connectivity index (χ2v) is 6.34. The fourth-order valence-electron chi connectivity index (χ4n) is 2.35. The highest BCUT2D eigenvalue weighted by molar-refractivity contribution is 7.16. The summed E-state index contributed by atoms with van der Waals surface area (Å²) in [5.74, 6) is 0.400. The maximum Gasteiger partial charge on any atom is 0.279 e. The van der Waals surface area contributed by atoms with Crippen molar-refractivity contribution in [1.29, 1.82) is 0 Å². The second-order valence-electron chi connectivity index (χ2n) is 5.33. The lowest BCUT2D eigenvalue weighted by Crippen LogP contribution is -2.13. The maximum atomic E-state index is 12.4. The van der Waals surface area contributed by atoms with Gasteiger partial charge >= 0.3 is 0 Å². The third kappa shape index (κ3) is 3.00. The van der Waals surface area contributed by atoms with Crippen LogP contribution in [0.1, 0.15) is 27.6 Å². The van der Waals surface area contributed by atoms with Gasteiger partial charge in [-0.2, -0.15) is 4.99 Å². The van der Waals surface area contributed by atoms with E-state index in [1.165, 1.54) is 18.3 Å². The second kappa shape index (κ2) is 6.41. The summed E-state index contributed by atoms with van der Waals surface area (Å²) in [5, 5.41) is 0. The molecule has 1 aromatic heterocycles. The van der Waals surface area contributed by atoms with Gasteiger partial charge in [-0.3, -0.25) is 9.59 Å². The molecule has 0 aliphatic rings. The highest BCUT2D eigenvalue weighted by Gasteiger charge is 2.09. The van der Waals surface area contributed by atoms with Gasteiger partial charge in [-0.15, -0.1) is 0 Å². The van der Waals surface area contributed by atoms with Crippen LogP contribution in [-0.4, -0.2) is 23.4 Å². The summed E-state index contributed by atoms with van der Waals surface area (Å²) in [6.45, 7) is 1.49. The molecule has 0 spiro atoms. The van der Waals surface area contributed by atoms with Crippen LogP contribution in [0.5, 0.6) is 5.75 Å². The first-order valence-corrected chi connectivity index (χ1v) is 8.15. The van der Waals surface area contributed by atoms with E-state index in [4.69, 9.17) is 4.74 Å². The summed E-state index contributed by atoms with van der Waals surface area (Å²) < 4.78 is 8.10. The average molecular weight is 340 g/mol. The molecule has 0 saturated carbocycles. The molecule has 0 aliphatic carbocycles. The van der Waals surface area contributed by atoms with Gasteiger partial charge in [-0.1, -0.05) is 23.5 Å². The Morgan fingerprint density at radius 1 is 1.08 bits per heavy atom. The third-order valence-corrected chi connectivity index (χ3v) is 4.85. The fraction of sp³-hybridized carbons (Fsp3) is 0.167. The Balaban J connectivity index is 2.01. The largest absolute Gasteiger partial charge is 0.497 e. The van der Waals surface area contributed by atoms with Crippen molar-refractivity contribution in [2.75, 3.05) is 7.11 Å². The van der Waals surface area contributed by atoms with Gasteiger partial charge in [0.1, 0.15) is 5.75 Å². The van der Waals surface area contributed by atoms with Crippen molar-refractivity contribution >= 4 is 33.2 Å².